The van der Waals surface area contributed by atoms with Crippen LogP contribution in [0.4, 0.5) is 0 Å². The highest BCUT2D eigenvalue weighted by molar-refractivity contribution is 6.05. The minimum atomic E-state index is -0.715. The number of unbranched alkanes of at least 4 members (excludes halogenated alkanes) is 3. The minimum absolute atomic E-state index is 0.620. The van der Waals surface area contributed by atoms with Crippen molar-refractivity contribution in [2.75, 3.05) is 13.2 Å². The zero-order valence-electron chi connectivity index (χ0n) is 14.4. The van der Waals surface area contributed by atoms with E-state index in [4.69, 9.17) is 18.3 Å². The van der Waals surface area contributed by atoms with Crippen LogP contribution in [0.25, 0.3) is 21.9 Å². The Bertz CT molecular complexity index is 836. The lowest BCUT2D eigenvalue weighted by Crippen LogP contribution is -2.24. The molecule has 0 spiro atoms. The van der Waals surface area contributed by atoms with Gasteiger partial charge in [-0.2, -0.15) is 0 Å². The predicted octanol–water partition coefficient (Wildman–Crippen LogP) is 5.52. The monoisotopic (exact) mass is 328 g/mol. The molecule has 3 aromatic rings. The van der Waals surface area contributed by atoms with Crippen LogP contribution in [0.1, 0.15) is 50.7 Å². The molecule has 128 valence electrons. The molecule has 0 atom stereocenters. The van der Waals surface area contributed by atoms with Crippen LogP contribution in [0, 0.1) is 0 Å². The lowest BCUT2D eigenvalue weighted by atomic mass is 9.90. The number of benzene rings is 1. The summed E-state index contributed by atoms with van der Waals surface area (Å²) in [5.41, 5.74) is 3.98. The molecule has 1 saturated heterocycles. The van der Waals surface area contributed by atoms with Gasteiger partial charge >= 0.3 is 0 Å². The van der Waals surface area contributed by atoms with Gasteiger partial charge in [0.1, 0.15) is 0 Å². The number of hydrogen-bond acceptors (Lipinski definition) is 4. The van der Waals surface area contributed by atoms with E-state index in [0.717, 1.165) is 40.3 Å². The molecule has 0 bridgehead atoms. The van der Waals surface area contributed by atoms with Crippen molar-refractivity contribution < 1.29 is 18.3 Å². The molecule has 0 radical (unpaired) electrons. The summed E-state index contributed by atoms with van der Waals surface area (Å²) in [7, 11) is 0. The Labute approximate surface area is 141 Å². The average Bonchev–Trinajstić information content (AvgIpc) is 3.30. The molecule has 1 aromatic carbocycles. The molecular weight excluding hydrogens is 304 g/mol. The third kappa shape index (κ3) is 2.45. The Morgan fingerprint density at radius 3 is 2.29 bits per heavy atom. The van der Waals surface area contributed by atoms with Gasteiger partial charge in [0.25, 0.3) is 0 Å². The highest BCUT2D eigenvalue weighted by atomic mass is 16.7. The Morgan fingerprint density at radius 2 is 1.58 bits per heavy atom. The molecule has 0 unspecified atom stereocenters. The summed E-state index contributed by atoms with van der Waals surface area (Å²) in [6.45, 7) is 5.49. The number of hydrogen-bond donors (Lipinski definition) is 0. The Kier molecular flexibility index (Phi) is 4.10. The van der Waals surface area contributed by atoms with Gasteiger partial charge in [0.15, 0.2) is 17.0 Å². The third-order valence-electron chi connectivity index (χ3n) is 5.01. The Morgan fingerprint density at radius 1 is 0.917 bits per heavy atom. The Hall–Kier alpha value is -1.78. The van der Waals surface area contributed by atoms with E-state index in [9.17, 15) is 0 Å². The van der Waals surface area contributed by atoms with Gasteiger partial charge in [-0.3, -0.25) is 0 Å². The van der Waals surface area contributed by atoms with Crippen LogP contribution in [0.3, 0.4) is 0 Å². The molecule has 1 aliphatic heterocycles. The van der Waals surface area contributed by atoms with E-state index in [1.165, 1.54) is 24.8 Å². The van der Waals surface area contributed by atoms with E-state index in [1.807, 2.05) is 19.1 Å². The fourth-order valence-corrected chi connectivity index (χ4v) is 3.87. The highest BCUT2D eigenvalue weighted by Gasteiger charge is 2.38. The lowest BCUT2D eigenvalue weighted by Gasteiger charge is -2.27. The Balaban J connectivity index is 1.89. The van der Waals surface area contributed by atoms with Crippen molar-refractivity contribution in [3.8, 4) is 0 Å². The fraction of sp³-hybridized carbons (Fsp3) is 0.500. The largest absolute Gasteiger partial charge is 0.460 e. The normalized spacial score (nSPS) is 17.2. The maximum atomic E-state index is 6.00. The van der Waals surface area contributed by atoms with Crippen molar-refractivity contribution in [1.82, 2.24) is 0 Å². The number of ether oxygens (including phenoxy) is 2. The topological polar surface area (TPSA) is 44.7 Å². The van der Waals surface area contributed by atoms with Crippen LogP contribution >= 0.6 is 0 Å². The van der Waals surface area contributed by atoms with E-state index in [-0.39, 0.29) is 0 Å². The summed E-state index contributed by atoms with van der Waals surface area (Å²) in [6, 6.07) is 4.03. The molecule has 3 heterocycles. The van der Waals surface area contributed by atoms with Gasteiger partial charge in [-0.15, -0.1) is 0 Å². The van der Waals surface area contributed by atoms with E-state index in [2.05, 4.69) is 6.92 Å². The maximum absolute atomic E-state index is 6.00. The van der Waals surface area contributed by atoms with Gasteiger partial charge in [0, 0.05) is 16.3 Å². The summed E-state index contributed by atoms with van der Waals surface area (Å²) in [5.74, 6) is -0.715. The fourth-order valence-electron chi connectivity index (χ4n) is 3.87. The van der Waals surface area contributed by atoms with Crippen molar-refractivity contribution in [2.24, 2.45) is 0 Å². The summed E-state index contributed by atoms with van der Waals surface area (Å²) in [6.07, 6.45) is 9.34. The van der Waals surface area contributed by atoms with E-state index in [1.54, 1.807) is 12.5 Å². The van der Waals surface area contributed by atoms with Crippen LogP contribution in [-0.4, -0.2) is 13.2 Å². The van der Waals surface area contributed by atoms with Crippen molar-refractivity contribution in [1.29, 1.82) is 0 Å². The standard InChI is InChI=1S/C20H24O4/c1-3-4-5-6-7-14-15-8-10-21-18(15)19-16(9-11-22-19)17(14)20(2)23-12-13-24-20/h8-11H,3-7,12-13H2,1-2H3. The zero-order chi connectivity index (χ0) is 16.6. The molecule has 0 N–H and O–H groups in total. The van der Waals surface area contributed by atoms with Crippen molar-refractivity contribution in [3.63, 3.8) is 0 Å². The summed E-state index contributed by atoms with van der Waals surface area (Å²) >= 11 is 0. The molecule has 1 fully saturated rings. The molecular formula is C20H24O4. The average molecular weight is 328 g/mol. The number of aryl methyl sites for hydroxylation is 1. The summed E-state index contributed by atoms with van der Waals surface area (Å²) < 4.78 is 23.5. The third-order valence-corrected chi connectivity index (χ3v) is 5.01. The SMILES string of the molecule is CCCCCCc1c(C2(C)OCCO2)c2ccoc2c2occc12. The zero-order valence-corrected chi connectivity index (χ0v) is 14.4. The molecule has 0 amide bonds. The molecule has 4 rings (SSSR count). The second-order valence-electron chi connectivity index (χ2n) is 6.63. The lowest BCUT2D eigenvalue weighted by molar-refractivity contribution is -0.149. The van der Waals surface area contributed by atoms with E-state index >= 15 is 0 Å². The number of furan rings is 2. The molecule has 4 heteroatoms. The van der Waals surface area contributed by atoms with Gasteiger partial charge in [0.2, 0.25) is 0 Å². The van der Waals surface area contributed by atoms with Crippen LogP contribution in [0.2, 0.25) is 0 Å². The molecule has 2 aromatic heterocycles. The number of rotatable bonds is 6. The highest BCUT2D eigenvalue weighted by Crippen LogP contribution is 2.43. The maximum Gasteiger partial charge on any atom is 0.193 e. The van der Waals surface area contributed by atoms with E-state index < -0.39 is 5.79 Å². The molecule has 24 heavy (non-hydrogen) atoms. The second-order valence-corrected chi connectivity index (χ2v) is 6.63. The van der Waals surface area contributed by atoms with Gasteiger partial charge in [-0.05, 0) is 37.5 Å². The summed E-state index contributed by atoms with van der Waals surface area (Å²) in [4.78, 5) is 0. The quantitative estimate of drug-likeness (QED) is 0.559. The van der Waals surface area contributed by atoms with Crippen LogP contribution in [0.5, 0.6) is 0 Å². The van der Waals surface area contributed by atoms with Crippen molar-refractivity contribution >= 4 is 21.9 Å². The molecule has 0 aliphatic carbocycles. The van der Waals surface area contributed by atoms with Gasteiger partial charge in [0.05, 0.1) is 25.7 Å². The first kappa shape index (κ1) is 15.7. The van der Waals surface area contributed by atoms with E-state index in [0.29, 0.717) is 13.2 Å². The molecule has 0 saturated carbocycles. The van der Waals surface area contributed by atoms with Gasteiger partial charge in [-0.25, -0.2) is 0 Å². The smallest absolute Gasteiger partial charge is 0.193 e. The predicted molar refractivity (Wildman–Crippen MR) is 93.1 cm³/mol. The molecule has 4 nitrogen and oxygen atoms in total. The minimum Gasteiger partial charge on any atom is -0.460 e. The van der Waals surface area contributed by atoms with Crippen molar-refractivity contribution in [2.45, 2.75) is 51.7 Å². The first-order valence-electron chi connectivity index (χ1n) is 8.92. The second kappa shape index (κ2) is 6.26. The van der Waals surface area contributed by atoms with Crippen molar-refractivity contribution in [3.05, 3.63) is 35.8 Å². The van der Waals surface area contributed by atoms with Gasteiger partial charge < -0.3 is 18.3 Å². The van der Waals surface area contributed by atoms with Crippen LogP contribution < -0.4 is 0 Å². The number of fused-ring (bicyclic) bond motifs is 3. The molecule has 1 aliphatic rings. The first-order valence-corrected chi connectivity index (χ1v) is 8.92. The van der Waals surface area contributed by atoms with Crippen LogP contribution in [0.15, 0.2) is 33.5 Å². The van der Waals surface area contributed by atoms with Gasteiger partial charge in [-0.1, -0.05) is 26.2 Å². The van der Waals surface area contributed by atoms with Crippen LogP contribution in [-0.2, 0) is 21.7 Å². The first-order chi connectivity index (χ1) is 11.7. The summed E-state index contributed by atoms with van der Waals surface area (Å²) in [5, 5.41) is 2.15.